The van der Waals surface area contributed by atoms with Crippen LogP contribution in [-0.4, -0.2) is 35.3 Å². The zero-order chi connectivity index (χ0) is 20.8. The van der Waals surface area contributed by atoms with E-state index in [-0.39, 0.29) is 12.6 Å². The molecule has 3 aromatic rings. The molecule has 0 spiro atoms. The Morgan fingerprint density at radius 2 is 2.07 bits per heavy atom. The molecule has 7 nitrogen and oxygen atoms in total. The molecule has 7 heteroatoms. The Morgan fingerprint density at radius 1 is 1.20 bits per heavy atom. The predicted octanol–water partition coefficient (Wildman–Crippen LogP) is 3.89. The first-order valence-electron chi connectivity index (χ1n) is 10.1. The highest BCUT2D eigenvalue weighted by atomic mass is 16.6. The van der Waals surface area contributed by atoms with Gasteiger partial charge in [0.05, 0.1) is 24.2 Å². The minimum absolute atomic E-state index is 0.124. The van der Waals surface area contributed by atoms with Crippen molar-refractivity contribution >= 4 is 5.97 Å². The third-order valence-corrected chi connectivity index (χ3v) is 4.87. The van der Waals surface area contributed by atoms with Crippen LogP contribution in [0.4, 0.5) is 0 Å². The van der Waals surface area contributed by atoms with Gasteiger partial charge in [-0.2, -0.15) is 0 Å². The van der Waals surface area contributed by atoms with Gasteiger partial charge in [0, 0.05) is 18.6 Å². The number of esters is 1. The zero-order valence-corrected chi connectivity index (χ0v) is 16.9. The average Bonchev–Trinajstić information content (AvgIpc) is 3.44. The van der Waals surface area contributed by atoms with Crippen molar-refractivity contribution < 1.29 is 23.4 Å². The summed E-state index contributed by atoms with van der Waals surface area (Å²) in [6.07, 6.45) is 3.43. The molecule has 1 aromatic carbocycles. The summed E-state index contributed by atoms with van der Waals surface area (Å²) >= 11 is 0. The molecular weight excluding hydrogens is 384 g/mol. The van der Waals surface area contributed by atoms with Crippen molar-refractivity contribution in [2.24, 2.45) is 0 Å². The Labute approximate surface area is 175 Å². The molecule has 0 bridgehead atoms. The first kappa shape index (κ1) is 20.1. The molecule has 1 unspecified atom stereocenters. The van der Waals surface area contributed by atoms with E-state index >= 15 is 0 Å². The van der Waals surface area contributed by atoms with Gasteiger partial charge < -0.3 is 18.6 Å². The van der Waals surface area contributed by atoms with E-state index in [0.717, 1.165) is 29.9 Å². The number of ether oxygens (including phenoxy) is 3. The fourth-order valence-electron chi connectivity index (χ4n) is 3.21. The maximum Gasteiger partial charge on any atom is 0.335 e. The van der Waals surface area contributed by atoms with Gasteiger partial charge in [-0.1, -0.05) is 18.2 Å². The molecule has 0 saturated carbocycles. The van der Waals surface area contributed by atoms with Crippen LogP contribution in [0.15, 0.2) is 53.1 Å². The lowest BCUT2D eigenvalue weighted by molar-refractivity contribution is -0.155. The van der Waals surface area contributed by atoms with E-state index in [0.29, 0.717) is 37.0 Å². The van der Waals surface area contributed by atoms with E-state index in [2.05, 4.69) is 9.97 Å². The molecule has 2 aromatic heterocycles. The van der Waals surface area contributed by atoms with Crippen molar-refractivity contribution in [3.8, 4) is 17.2 Å². The molecule has 1 fully saturated rings. The van der Waals surface area contributed by atoms with Gasteiger partial charge in [-0.05, 0) is 44.0 Å². The van der Waals surface area contributed by atoms with Gasteiger partial charge in [0.2, 0.25) is 5.89 Å². The van der Waals surface area contributed by atoms with E-state index in [4.69, 9.17) is 18.6 Å². The molecule has 0 radical (unpaired) electrons. The summed E-state index contributed by atoms with van der Waals surface area (Å²) in [6.45, 7) is 3.10. The Bertz CT molecular complexity index is 963. The largest absolute Gasteiger partial charge is 0.492 e. The third-order valence-electron chi connectivity index (χ3n) is 4.87. The smallest absolute Gasteiger partial charge is 0.335 e. The van der Waals surface area contributed by atoms with Gasteiger partial charge >= 0.3 is 5.97 Å². The molecule has 30 heavy (non-hydrogen) atoms. The van der Waals surface area contributed by atoms with E-state index in [1.807, 2.05) is 43.3 Å². The molecule has 156 valence electrons. The molecule has 1 aliphatic rings. The first-order valence-corrected chi connectivity index (χ1v) is 10.1. The number of oxazole rings is 1. The zero-order valence-electron chi connectivity index (χ0n) is 16.9. The number of carbonyl (C=O) groups is 1. The molecule has 1 atom stereocenters. The highest BCUT2D eigenvalue weighted by Crippen LogP contribution is 2.22. The minimum atomic E-state index is -0.435. The van der Waals surface area contributed by atoms with Gasteiger partial charge in [0.25, 0.3) is 0 Å². The highest BCUT2D eigenvalue weighted by molar-refractivity contribution is 5.74. The second kappa shape index (κ2) is 9.54. The molecule has 0 aliphatic carbocycles. The SMILES string of the molecule is Cc1oc(-c2ccccc2)nc1CCOc1ccc(COC(=O)C2CCCO2)nc1. The number of aromatic nitrogens is 2. The van der Waals surface area contributed by atoms with Crippen LogP contribution in [0.3, 0.4) is 0 Å². The fraction of sp³-hybridized carbons (Fsp3) is 0.348. The summed E-state index contributed by atoms with van der Waals surface area (Å²) in [5.74, 6) is 1.73. The number of pyridine rings is 1. The van der Waals surface area contributed by atoms with Crippen LogP contribution in [0, 0.1) is 6.92 Å². The van der Waals surface area contributed by atoms with Gasteiger partial charge in [-0.3, -0.25) is 4.98 Å². The van der Waals surface area contributed by atoms with Crippen molar-refractivity contribution in [2.45, 2.75) is 38.9 Å². The van der Waals surface area contributed by atoms with Crippen molar-refractivity contribution in [2.75, 3.05) is 13.2 Å². The van der Waals surface area contributed by atoms with Crippen molar-refractivity contribution in [3.05, 3.63) is 65.8 Å². The Hall–Kier alpha value is -3.19. The molecular formula is C23H24N2O5. The second-order valence-electron chi connectivity index (χ2n) is 7.08. The highest BCUT2D eigenvalue weighted by Gasteiger charge is 2.25. The standard InChI is InChI=1S/C23H24N2O5/c1-16-20(25-22(30-16)17-6-3-2-4-7-17)11-13-27-19-10-9-18(24-14-19)15-29-23(26)21-8-5-12-28-21/h2-4,6-7,9-10,14,21H,5,8,11-13,15H2,1H3. The lowest BCUT2D eigenvalue weighted by Crippen LogP contribution is -2.22. The number of benzene rings is 1. The molecule has 0 amide bonds. The Morgan fingerprint density at radius 3 is 2.80 bits per heavy atom. The summed E-state index contributed by atoms with van der Waals surface area (Å²) in [6, 6.07) is 13.4. The van der Waals surface area contributed by atoms with Crippen molar-refractivity contribution in [3.63, 3.8) is 0 Å². The van der Waals surface area contributed by atoms with E-state index < -0.39 is 6.10 Å². The van der Waals surface area contributed by atoms with Gasteiger partial charge in [-0.15, -0.1) is 0 Å². The number of rotatable bonds is 8. The van der Waals surface area contributed by atoms with E-state index in [1.165, 1.54) is 0 Å². The van der Waals surface area contributed by atoms with Crippen LogP contribution in [0.5, 0.6) is 5.75 Å². The maximum atomic E-state index is 11.9. The fourth-order valence-corrected chi connectivity index (χ4v) is 3.21. The van der Waals surface area contributed by atoms with Gasteiger partial charge in [0.15, 0.2) is 6.10 Å². The van der Waals surface area contributed by atoms with Crippen LogP contribution < -0.4 is 4.74 Å². The second-order valence-corrected chi connectivity index (χ2v) is 7.08. The van der Waals surface area contributed by atoms with Crippen molar-refractivity contribution in [1.82, 2.24) is 9.97 Å². The molecule has 3 heterocycles. The number of hydrogen-bond acceptors (Lipinski definition) is 7. The molecule has 0 N–H and O–H groups in total. The number of carbonyl (C=O) groups excluding carboxylic acids is 1. The minimum Gasteiger partial charge on any atom is -0.492 e. The predicted molar refractivity (Wildman–Crippen MR) is 109 cm³/mol. The number of nitrogens with zero attached hydrogens (tertiary/aromatic N) is 2. The topological polar surface area (TPSA) is 83.7 Å². The molecule has 4 rings (SSSR count). The number of aryl methyl sites for hydroxylation is 1. The average molecular weight is 408 g/mol. The molecule has 1 saturated heterocycles. The summed E-state index contributed by atoms with van der Waals surface area (Å²) in [5, 5.41) is 0. The Kier molecular flexibility index (Phi) is 6.39. The first-order chi connectivity index (χ1) is 14.7. The van der Waals surface area contributed by atoms with Crippen LogP contribution in [0.25, 0.3) is 11.5 Å². The maximum absolute atomic E-state index is 11.9. The monoisotopic (exact) mass is 408 g/mol. The Balaban J connectivity index is 1.24. The quantitative estimate of drug-likeness (QED) is 0.523. The van der Waals surface area contributed by atoms with E-state index in [9.17, 15) is 4.79 Å². The normalized spacial score (nSPS) is 15.8. The van der Waals surface area contributed by atoms with Crippen LogP contribution in [-0.2, 0) is 27.3 Å². The summed E-state index contributed by atoms with van der Waals surface area (Å²) in [5.41, 5.74) is 2.49. The summed E-state index contributed by atoms with van der Waals surface area (Å²) < 4.78 is 22.1. The third kappa shape index (κ3) is 5.04. The van der Waals surface area contributed by atoms with Gasteiger partial charge in [-0.25, -0.2) is 9.78 Å². The van der Waals surface area contributed by atoms with E-state index in [1.54, 1.807) is 12.3 Å². The van der Waals surface area contributed by atoms with Crippen molar-refractivity contribution in [1.29, 1.82) is 0 Å². The summed E-state index contributed by atoms with van der Waals surface area (Å²) in [7, 11) is 0. The molecule has 1 aliphatic heterocycles. The lowest BCUT2D eigenvalue weighted by Gasteiger charge is -2.10. The van der Waals surface area contributed by atoms with Crippen LogP contribution in [0.1, 0.15) is 30.0 Å². The van der Waals surface area contributed by atoms with Gasteiger partial charge in [0.1, 0.15) is 18.1 Å². The lowest BCUT2D eigenvalue weighted by atomic mass is 10.2. The van der Waals surface area contributed by atoms with Crippen LogP contribution in [0.2, 0.25) is 0 Å². The number of hydrogen-bond donors (Lipinski definition) is 0. The van der Waals surface area contributed by atoms with Crippen LogP contribution >= 0.6 is 0 Å². The summed E-state index contributed by atoms with van der Waals surface area (Å²) in [4.78, 5) is 20.7.